The zero-order valence-corrected chi connectivity index (χ0v) is 18.0. The van der Waals surface area contributed by atoms with E-state index in [1.807, 2.05) is 74.5 Å². The van der Waals surface area contributed by atoms with Gasteiger partial charge in [-0.2, -0.15) is 0 Å². The number of carbonyl (C=O) groups excluding carboxylic acids is 3. The van der Waals surface area contributed by atoms with Gasteiger partial charge in [-0.1, -0.05) is 60.7 Å². The van der Waals surface area contributed by atoms with Gasteiger partial charge in [0.15, 0.2) is 0 Å². The Bertz CT molecular complexity index is 965. The van der Waals surface area contributed by atoms with Gasteiger partial charge in [0.2, 0.25) is 6.10 Å². The van der Waals surface area contributed by atoms with Gasteiger partial charge >= 0.3 is 12.1 Å². The van der Waals surface area contributed by atoms with Crippen LogP contribution in [0.4, 0.5) is 4.79 Å². The molecule has 0 bridgehead atoms. The first-order valence-electron chi connectivity index (χ1n) is 9.95. The zero-order chi connectivity index (χ0) is 22.0. The van der Waals surface area contributed by atoms with Gasteiger partial charge in [-0.15, -0.1) is 11.8 Å². The predicted octanol–water partition coefficient (Wildman–Crippen LogP) is 3.51. The molecule has 2 aromatic carbocycles. The van der Waals surface area contributed by atoms with Crippen LogP contribution in [0.25, 0.3) is 0 Å². The third kappa shape index (κ3) is 4.39. The highest BCUT2D eigenvalue weighted by atomic mass is 32.2. The van der Waals surface area contributed by atoms with Gasteiger partial charge in [0.25, 0.3) is 5.91 Å². The summed E-state index contributed by atoms with van der Waals surface area (Å²) in [5.41, 5.74) is 1.69. The van der Waals surface area contributed by atoms with E-state index >= 15 is 0 Å². The Hall–Kier alpha value is -3.00. The largest absolute Gasteiger partial charge is 0.509 e. The lowest BCUT2D eigenvalue weighted by atomic mass is 9.97. The molecule has 1 amide bonds. The first-order chi connectivity index (χ1) is 14.9. The summed E-state index contributed by atoms with van der Waals surface area (Å²) in [6, 6.07) is 17.8. The van der Waals surface area contributed by atoms with Crippen molar-refractivity contribution in [3.63, 3.8) is 0 Å². The van der Waals surface area contributed by atoms with E-state index < -0.39 is 40.3 Å². The van der Waals surface area contributed by atoms with E-state index in [2.05, 4.69) is 0 Å². The Kier molecular flexibility index (Phi) is 5.91. The van der Waals surface area contributed by atoms with Crippen molar-refractivity contribution >= 4 is 29.8 Å². The summed E-state index contributed by atoms with van der Waals surface area (Å²) in [5.74, 6) is -0.885. The lowest BCUT2D eigenvalue weighted by Crippen LogP contribution is -2.66. The van der Waals surface area contributed by atoms with Gasteiger partial charge in [0, 0.05) is 4.75 Å². The molecule has 0 spiro atoms. The molecular weight excluding hydrogens is 418 g/mol. The number of rotatable bonds is 6. The van der Waals surface area contributed by atoms with Crippen LogP contribution in [0.1, 0.15) is 25.0 Å². The van der Waals surface area contributed by atoms with Gasteiger partial charge in [0.05, 0.1) is 0 Å². The summed E-state index contributed by atoms with van der Waals surface area (Å²) in [7, 11) is 0. The number of ether oxygens (including phenoxy) is 3. The Balaban J connectivity index is 1.34. The third-order valence-electron chi connectivity index (χ3n) is 5.26. The van der Waals surface area contributed by atoms with Gasteiger partial charge in [-0.25, -0.2) is 9.59 Å². The van der Waals surface area contributed by atoms with Crippen molar-refractivity contribution in [1.82, 2.24) is 4.90 Å². The van der Waals surface area contributed by atoms with Crippen molar-refractivity contribution in [3.05, 3.63) is 71.8 Å². The van der Waals surface area contributed by atoms with E-state index in [-0.39, 0.29) is 13.2 Å². The minimum absolute atomic E-state index is 0.0576. The molecule has 0 aliphatic carbocycles. The highest BCUT2D eigenvalue weighted by molar-refractivity contribution is 8.01. The van der Waals surface area contributed by atoms with Crippen molar-refractivity contribution in [2.75, 3.05) is 0 Å². The second-order valence-corrected chi connectivity index (χ2v) is 9.69. The highest BCUT2D eigenvalue weighted by Crippen LogP contribution is 2.52. The fourth-order valence-corrected chi connectivity index (χ4v) is 5.33. The van der Waals surface area contributed by atoms with E-state index in [1.54, 1.807) is 0 Å². The standard InChI is InChI=1S/C23H23NO6S/c1-23(2)18(21(26)28-13-15-9-5-3-6-10-15)24-19(25)17(20(24)31-23)30-22(27)29-14-16-11-7-4-8-12-16/h3-12,17-18,20H,13-14H2,1-2H3/t17-,18+,20-/m1/s1. The highest BCUT2D eigenvalue weighted by Gasteiger charge is 2.65. The lowest BCUT2D eigenvalue weighted by Gasteiger charge is -2.42. The second-order valence-electron chi connectivity index (χ2n) is 7.92. The molecule has 2 fully saturated rings. The Morgan fingerprint density at radius 3 is 2.06 bits per heavy atom. The molecule has 2 saturated heterocycles. The molecule has 0 unspecified atom stereocenters. The number of benzene rings is 2. The number of esters is 1. The van der Waals surface area contributed by atoms with Gasteiger partial charge in [-0.3, -0.25) is 4.79 Å². The lowest BCUT2D eigenvalue weighted by molar-refractivity contribution is -0.174. The Labute approximate surface area is 184 Å². The number of hydrogen-bond donors (Lipinski definition) is 0. The van der Waals surface area contributed by atoms with Crippen LogP contribution in [0, 0.1) is 0 Å². The van der Waals surface area contributed by atoms with E-state index in [9.17, 15) is 14.4 Å². The molecule has 162 valence electrons. The average Bonchev–Trinajstić information content (AvgIpc) is 3.03. The van der Waals surface area contributed by atoms with Crippen molar-refractivity contribution in [3.8, 4) is 0 Å². The maximum Gasteiger partial charge on any atom is 0.509 e. The number of fused-ring (bicyclic) bond motifs is 1. The molecular formula is C23H23NO6S. The van der Waals surface area contributed by atoms with E-state index in [4.69, 9.17) is 14.2 Å². The van der Waals surface area contributed by atoms with Crippen LogP contribution in [0.5, 0.6) is 0 Å². The van der Waals surface area contributed by atoms with Crippen molar-refractivity contribution in [1.29, 1.82) is 0 Å². The second kappa shape index (κ2) is 8.63. The molecule has 2 aliphatic heterocycles. The number of thioether (sulfide) groups is 1. The van der Waals surface area contributed by atoms with Crippen LogP contribution in [-0.2, 0) is 37.0 Å². The van der Waals surface area contributed by atoms with Crippen LogP contribution in [-0.4, -0.2) is 45.2 Å². The van der Waals surface area contributed by atoms with E-state index in [1.165, 1.54) is 16.7 Å². The summed E-state index contributed by atoms with van der Waals surface area (Å²) < 4.78 is 15.3. The number of amides is 1. The van der Waals surface area contributed by atoms with Crippen LogP contribution in [0.15, 0.2) is 60.7 Å². The normalized spacial score (nSPS) is 23.5. The van der Waals surface area contributed by atoms with Crippen LogP contribution in [0.3, 0.4) is 0 Å². The molecule has 2 aliphatic rings. The number of nitrogens with zero attached hydrogens (tertiary/aromatic N) is 1. The molecule has 2 heterocycles. The number of β-lactam (4-membered cyclic amide) rings is 1. The number of hydrogen-bond acceptors (Lipinski definition) is 7. The molecule has 0 saturated carbocycles. The van der Waals surface area contributed by atoms with Gasteiger partial charge in [-0.05, 0) is 25.0 Å². The number of carbonyl (C=O) groups is 3. The summed E-state index contributed by atoms with van der Waals surface area (Å²) in [4.78, 5) is 39.0. The smallest absolute Gasteiger partial charge is 0.459 e. The fourth-order valence-electron chi connectivity index (χ4n) is 3.73. The Morgan fingerprint density at radius 1 is 0.935 bits per heavy atom. The molecule has 0 radical (unpaired) electrons. The summed E-state index contributed by atoms with van der Waals surface area (Å²) >= 11 is 1.42. The third-order valence-corrected chi connectivity index (χ3v) is 6.81. The van der Waals surface area contributed by atoms with Crippen molar-refractivity contribution in [2.24, 2.45) is 0 Å². The SMILES string of the molecule is CC1(C)S[C@@H]2[C@H](OC(=O)OCc3ccccc3)C(=O)N2[C@H]1C(=O)OCc1ccccc1. The minimum Gasteiger partial charge on any atom is -0.459 e. The molecule has 0 N–H and O–H groups in total. The monoisotopic (exact) mass is 441 g/mol. The van der Waals surface area contributed by atoms with Crippen molar-refractivity contribution in [2.45, 2.75) is 49.3 Å². The first kappa shape index (κ1) is 21.2. The summed E-state index contributed by atoms with van der Waals surface area (Å²) in [5, 5.41) is -0.443. The summed E-state index contributed by atoms with van der Waals surface area (Å²) in [6.45, 7) is 3.95. The maximum absolute atomic E-state index is 12.8. The van der Waals surface area contributed by atoms with Crippen LogP contribution < -0.4 is 0 Å². The van der Waals surface area contributed by atoms with E-state index in [0.29, 0.717) is 0 Å². The molecule has 8 heteroatoms. The van der Waals surface area contributed by atoms with Gasteiger partial charge < -0.3 is 19.1 Å². The quantitative estimate of drug-likeness (QED) is 0.501. The zero-order valence-electron chi connectivity index (χ0n) is 17.2. The maximum atomic E-state index is 12.8. The van der Waals surface area contributed by atoms with Crippen LogP contribution in [0.2, 0.25) is 0 Å². The van der Waals surface area contributed by atoms with E-state index in [0.717, 1.165) is 11.1 Å². The predicted molar refractivity (Wildman–Crippen MR) is 114 cm³/mol. The van der Waals surface area contributed by atoms with Gasteiger partial charge in [0.1, 0.15) is 24.6 Å². The van der Waals surface area contributed by atoms with Crippen molar-refractivity contribution < 1.29 is 28.6 Å². The molecule has 4 rings (SSSR count). The summed E-state index contributed by atoms with van der Waals surface area (Å²) in [6.07, 6.45) is -1.88. The topological polar surface area (TPSA) is 82.1 Å². The molecule has 2 aromatic rings. The molecule has 3 atom stereocenters. The fraction of sp³-hybridized carbons (Fsp3) is 0.348. The first-order valence-corrected chi connectivity index (χ1v) is 10.8. The Morgan fingerprint density at radius 2 is 1.48 bits per heavy atom. The molecule has 7 nitrogen and oxygen atoms in total. The van der Waals surface area contributed by atoms with Crippen LogP contribution >= 0.6 is 11.8 Å². The average molecular weight is 442 g/mol. The molecule has 0 aromatic heterocycles. The minimum atomic E-state index is -0.973. The molecule has 31 heavy (non-hydrogen) atoms.